The molecular weight excluding hydrogens is 164 g/mol. The van der Waals surface area contributed by atoms with Gasteiger partial charge in [-0.25, -0.2) is 9.97 Å². The van der Waals surface area contributed by atoms with E-state index in [0.717, 1.165) is 35.4 Å². The number of hydrogen-bond acceptors (Lipinski definition) is 3. The first-order chi connectivity index (χ1) is 6.35. The minimum atomic E-state index is 0.786. The lowest BCUT2D eigenvalue weighted by Gasteiger charge is -2.02. The topological polar surface area (TPSA) is 54.5 Å². The van der Waals surface area contributed by atoms with E-state index in [1.54, 1.807) is 6.20 Å². The van der Waals surface area contributed by atoms with E-state index >= 15 is 0 Å². The van der Waals surface area contributed by atoms with Crippen molar-refractivity contribution in [1.29, 1.82) is 0 Å². The standard InChI is InChI=1S/C9H12N4/c1-3-6-7(4-2)12-9-8(11-6)5-10-13-9/h5H,3-4H2,1-2H3,(H,10,12,13). The normalized spacial score (nSPS) is 10.9. The van der Waals surface area contributed by atoms with E-state index in [1.165, 1.54) is 0 Å². The maximum atomic E-state index is 4.47. The first-order valence-corrected chi connectivity index (χ1v) is 4.54. The second-order valence-corrected chi connectivity index (χ2v) is 2.93. The first-order valence-electron chi connectivity index (χ1n) is 4.54. The van der Waals surface area contributed by atoms with Gasteiger partial charge in [0, 0.05) is 0 Å². The van der Waals surface area contributed by atoms with Crippen LogP contribution >= 0.6 is 0 Å². The van der Waals surface area contributed by atoms with Gasteiger partial charge in [-0.1, -0.05) is 13.8 Å². The Morgan fingerprint density at radius 2 is 1.85 bits per heavy atom. The van der Waals surface area contributed by atoms with Crippen molar-refractivity contribution in [3.63, 3.8) is 0 Å². The summed E-state index contributed by atoms with van der Waals surface area (Å²) in [6, 6.07) is 0. The summed E-state index contributed by atoms with van der Waals surface area (Å²) < 4.78 is 0. The molecule has 0 bridgehead atoms. The zero-order chi connectivity index (χ0) is 9.26. The molecule has 1 N–H and O–H groups in total. The summed E-state index contributed by atoms with van der Waals surface area (Å²) in [5.74, 6) is 0. The van der Waals surface area contributed by atoms with Gasteiger partial charge in [-0.05, 0) is 12.8 Å². The lowest BCUT2D eigenvalue weighted by Crippen LogP contribution is -1.99. The van der Waals surface area contributed by atoms with Crippen molar-refractivity contribution in [3.8, 4) is 0 Å². The van der Waals surface area contributed by atoms with Crippen LogP contribution in [0.1, 0.15) is 25.2 Å². The van der Waals surface area contributed by atoms with Gasteiger partial charge in [0.25, 0.3) is 0 Å². The van der Waals surface area contributed by atoms with Crippen molar-refractivity contribution in [2.45, 2.75) is 26.7 Å². The Hall–Kier alpha value is -1.45. The van der Waals surface area contributed by atoms with Crippen LogP contribution in [0.5, 0.6) is 0 Å². The molecule has 0 saturated carbocycles. The van der Waals surface area contributed by atoms with Gasteiger partial charge in [0.2, 0.25) is 0 Å². The number of nitrogens with one attached hydrogen (secondary N) is 1. The number of nitrogens with zero attached hydrogens (tertiary/aromatic N) is 3. The van der Waals surface area contributed by atoms with E-state index in [1.807, 2.05) is 0 Å². The summed E-state index contributed by atoms with van der Waals surface area (Å²) in [5.41, 5.74) is 3.79. The summed E-state index contributed by atoms with van der Waals surface area (Å²) >= 11 is 0. The van der Waals surface area contributed by atoms with Gasteiger partial charge in [0.05, 0.1) is 17.6 Å². The van der Waals surface area contributed by atoms with Crippen LogP contribution in [-0.2, 0) is 12.8 Å². The summed E-state index contributed by atoms with van der Waals surface area (Å²) in [6.07, 6.45) is 3.56. The zero-order valence-corrected chi connectivity index (χ0v) is 7.83. The Bertz CT molecular complexity index is 380. The van der Waals surface area contributed by atoms with Crippen LogP contribution in [0, 0.1) is 0 Å². The molecule has 2 aromatic heterocycles. The Kier molecular flexibility index (Phi) is 1.96. The van der Waals surface area contributed by atoms with Crippen LogP contribution in [0.2, 0.25) is 0 Å². The molecule has 0 saturated heterocycles. The molecule has 2 heterocycles. The van der Waals surface area contributed by atoms with Crippen molar-refractivity contribution in [2.75, 3.05) is 0 Å². The molecule has 0 aromatic carbocycles. The summed E-state index contributed by atoms with van der Waals surface area (Å²) in [5, 5.41) is 6.72. The molecule has 4 nitrogen and oxygen atoms in total. The molecule has 68 valence electrons. The van der Waals surface area contributed by atoms with Crippen molar-refractivity contribution in [2.24, 2.45) is 0 Å². The monoisotopic (exact) mass is 176 g/mol. The summed E-state index contributed by atoms with van der Waals surface area (Å²) in [4.78, 5) is 8.91. The van der Waals surface area contributed by atoms with Gasteiger partial charge in [0.1, 0.15) is 5.52 Å². The molecule has 13 heavy (non-hydrogen) atoms. The second kappa shape index (κ2) is 3.12. The highest BCUT2D eigenvalue weighted by atomic mass is 15.1. The Morgan fingerprint density at radius 3 is 2.54 bits per heavy atom. The molecule has 0 radical (unpaired) electrons. The van der Waals surface area contributed by atoms with Crippen LogP contribution < -0.4 is 0 Å². The number of aromatic nitrogens is 4. The van der Waals surface area contributed by atoms with E-state index in [0.29, 0.717) is 0 Å². The molecule has 0 atom stereocenters. The second-order valence-electron chi connectivity index (χ2n) is 2.93. The fourth-order valence-corrected chi connectivity index (χ4v) is 1.41. The molecule has 0 aliphatic heterocycles. The molecule has 0 spiro atoms. The van der Waals surface area contributed by atoms with Gasteiger partial charge >= 0.3 is 0 Å². The van der Waals surface area contributed by atoms with Gasteiger partial charge < -0.3 is 0 Å². The first kappa shape index (κ1) is 8.16. The third kappa shape index (κ3) is 1.28. The van der Waals surface area contributed by atoms with E-state index in [9.17, 15) is 0 Å². The average Bonchev–Trinajstić information content (AvgIpc) is 2.62. The molecular formula is C9H12N4. The van der Waals surface area contributed by atoms with Crippen LogP contribution in [0.4, 0.5) is 0 Å². The van der Waals surface area contributed by atoms with E-state index < -0.39 is 0 Å². The molecule has 0 fully saturated rings. The van der Waals surface area contributed by atoms with E-state index in [4.69, 9.17) is 0 Å². The molecule has 2 rings (SSSR count). The minimum Gasteiger partial charge on any atom is -0.259 e. The number of rotatable bonds is 2. The maximum absolute atomic E-state index is 4.47. The summed E-state index contributed by atoms with van der Waals surface area (Å²) in [6.45, 7) is 4.18. The largest absolute Gasteiger partial charge is 0.259 e. The molecule has 0 amide bonds. The lowest BCUT2D eigenvalue weighted by atomic mass is 10.2. The predicted molar refractivity (Wildman–Crippen MR) is 50.4 cm³/mol. The molecule has 2 aromatic rings. The quantitative estimate of drug-likeness (QED) is 0.754. The van der Waals surface area contributed by atoms with Crippen LogP contribution in [0.3, 0.4) is 0 Å². The van der Waals surface area contributed by atoms with Crippen molar-refractivity contribution in [3.05, 3.63) is 17.6 Å². The Morgan fingerprint density at radius 1 is 1.15 bits per heavy atom. The third-order valence-electron chi connectivity index (χ3n) is 2.10. The molecule has 0 aliphatic carbocycles. The highest BCUT2D eigenvalue weighted by Crippen LogP contribution is 2.11. The number of aryl methyl sites for hydroxylation is 2. The molecule has 4 heteroatoms. The van der Waals surface area contributed by atoms with Gasteiger partial charge in [-0.15, -0.1) is 0 Å². The third-order valence-corrected chi connectivity index (χ3v) is 2.10. The molecule has 0 unspecified atom stereocenters. The Labute approximate surface area is 76.4 Å². The number of H-pyrrole nitrogens is 1. The maximum Gasteiger partial charge on any atom is 0.174 e. The predicted octanol–water partition coefficient (Wildman–Crippen LogP) is 1.48. The van der Waals surface area contributed by atoms with E-state index in [2.05, 4.69) is 34.0 Å². The van der Waals surface area contributed by atoms with Crippen molar-refractivity contribution in [1.82, 2.24) is 20.2 Å². The van der Waals surface area contributed by atoms with Crippen LogP contribution in [-0.4, -0.2) is 20.2 Å². The Balaban J connectivity index is 2.67. The smallest absolute Gasteiger partial charge is 0.174 e. The highest BCUT2D eigenvalue weighted by Gasteiger charge is 2.05. The van der Waals surface area contributed by atoms with Crippen molar-refractivity contribution >= 4 is 11.2 Å². The fourth-order valence-electron chi connectivity index (χ4n) is 1.41. The fraction of sp³-hybridized carbons (Fsp3) is 0.444. The number of fused-ring (bicyclic) bond motifs is 1. The van der Waals surface area contributed by atoms with Gasteiger partial charge in [-0.2, -0.15) is 5.10 Å². The van der Waals surface area contributed by atoms with E-state index in [-0.39, 0.29) is 0 Å². The number of aromatic amines is 1. The van der Waals surface area contributed by atoms with Gasteiger partial charge in [-0.3, -0.25) is 5.10 Å². The van der Waals surface area contributed by atoms with Crippen LogP contribution in [0.25, 0.3) is 11.2 Å². The number of hydrogen-bond donors (Lipinski definition) is 1. The summed E-state index contributed by atoms with van der Waals surface area (Å²) in [7, 11) is 0. The van der Waals surface area contributed by atoms with Crippen LogP contribution in [0.15, 0.2) is 6.20 Å². The zero-order valence-electron chi connectivity index (χ0n) is 7.83. The SMILES string of the molecule is CCc1nc2cn[nH]c2nc1CC. The highest BCUT2D eigenvalue weighted by molar-refractivity contribution is 5.68. The van der Waals surface area contributed by atoms with Gasteiger partial charge in [0.15, 0.2) is 5.65 Å². The lowest BCUT2D eigenvalue weighted by molar-refractivity contribution is 0.925. The minimum absolute atomic E-state index is 0.786. The molecule has 0 aliphatic rings. The van der Waals surface area contributed by atoms with Crippen molar-refractivity contribution < 1.29 is 0 Å². The average molecular weight is 176 g/mol.